The Bertz CT molecular complexity index is 966. The minimum Gasteiger partial charge on any atom is -0.463 e. The lowest BCUT2D eigenvalue weighted by Gasteiger charge is -2.11. The predicted octanol–water partition coefficient (Wildman–Crippen LogP) is 2.53. The maximum atomic E-state index is 12.6. The average Bonchev–Trinajstić information content (AvgIpc) is 2.76. The van der Waals surface area contributed by atoms with Crippen molar-refractivity contribution >= 4 is 29.4 Å². The van der Waals surface area contributed by atoms with E-state index in [2.05, 4.69) is 15.4 Å². The van der Waals surface area contributed by atoms with Gasteiger partial charge in [0.1, 0.15) is 0 Å². The van der Waals surface area contributed by atoms with Crippen LogP contribution in [0.25, 0.3) is 0 Å². The lowest BCUT2D eigenvalue weighted by molar-refractivity contribution is -0.143. The number of esters is 2. The van der Waals surface area contributed by atoms with Crippen molar-refractivity contribution in [2.75, 3.05) is 18.5 Å². The van der Waals surface area contributed by atoms with Gasteiger partial charge in [0.25, 0.3) is 11.8 Å². The summed E-state index contributed by atoms with van der Waals surface area (Å²) in [5.74, 6) is -2.54. The Morgan fingerprint density at radius 1 is 0.903 bits per heavy atom. The second-order valence-corrected chi connectivity index (χ2v) is 6.46. The van der Waals surface area contributed by atoms with Gasteiger partial charge in [0.15, 0.2) is 6.61 Å². The van der Waals surface area contributed by atoms with E-state index in [9.17, 15) is 19.2 Å². The first-order valence-corrected chi connectivity index (χ1v) is 9.63. The molecule has 2 N–H and O–H groups in total. The van der Waals surface area contributed by atoms with Crippen molar-refractivity contribution < 1.29 is 28.7 Å². The number of anilines is 1. The van der Waals surface area contributed by atoms with Crippen LogP contribution in [-0.4, -0.2) is 37.0 Å². The molecule has 0 heterocycles. The second kappa shape index (κ2) is 11.9. The smallest absolute Gasteiger partial charge is 0.331 e. The number of benzene rings is 2. The van der Waals surface area contributed by atoms with Crippen molar-refractivity contribution in [2.24, 2.45) is 0 Å². The number of nitrogens with one attached hydrogen (secondary N) is 2. The molecule has 0 saturated carbocycles. The summed E-state index contributed by atoms with van der Waals surface area (Å²) >= 11 is 0. The molecule has 8 nitrogen and oxygen atoms in total. The number of carbonyl (C=O) groups excluding carboxylic acids is 4. The predicted molar refractivity (Wildman–Crippen MR) is 114 cm³/mol. The second-order valence-electron chi connectivity index (χ2n) is 6.46. The van der Waals surface area contributed by atoms with Crippen LogP contribution in [0, 0.1) is 6.92 Å². The van der Waals surface area contributed by atoms with E-state index >= 15 is 0 Å². The molecule has 0 aliphatic rings. The number of amides is 2. The highest BCUT2D eigenvalue weighted by Crippen LogP contribution is 2.15. The molecule has 162 valence electrons. The number of rotatable bonds is 9. The number of aryl methyl sites for hydroxylation is 1. The minimum absolute atomic E-state index is 0.179. The van der Waals surface area contributed by atoms with Gasteiger partial charge < -0.3 is 20.1 Å². The molecule has 2 aromatic carbocycles. The molecule has 0 atom stereocenters. The normalized spacial score (nSPS) is 10.4. The largest absolute Gasteiger partial charge is 0.463 e. The van der Waals surface area contributed by atoms with E-state index in [1.165, 1.54) is 0 Å². The van der Waals surface area contributed by atoms with Gasteiger partial charge in [0.05, 0.1) is 17.9 Å². The highest BCUT2D eigenvalue weighted by molar-refractivity contribution is 6.04. The maximum Gasteiger partial charge on any atom is 0.331 e. The van der Waals surface area contributed by atoms with Gasteiger partial charge in [0, 0.05) is 18.7 Å². The SMILES string of the molecule is CCOC(=O)C=CC(=O)OCC(=O)Nc1ccccc1C(=O)NCc1ccc(C)cc1. The van der Waals surface area contributed by atoms with Crippen LogP contribution in [0.2, 0.25) is 0 Å². The van der Waals surface area contributed by atoms with Crippen LogP contribution in [0.3, 0.4) is 0 Å². The summed E-state index contributed by atoms with van der Waals surface area (Å²) in [4.78, 5) is 47.4. The van der Waals surface area contributed by atoms with Crippen molar-refractivity contribution in [1.29, 1.82) is 0 Å². The molecule has 2 rings (SSSR count). The Hall–Kier alpha value is -3.94. The van der Waals surface area contributed by atoms with Crippen molar-refractivity contribution in [3.63, 3.8) is 0 Å². The monoisotopic (exact) mass is 424 g/mol. The zero-order chi connectivity index (χ0) is 22.6. The molecule has 2 amide bonds. The van der Waals surface area contributed by atoms with Gasteiger partial charge in [-0.3, -0.25) is 9.59 Å². The third-order valence-electron chi connectivity index (χ3n) is 4.01. The summed E-state index contributed by atoms with van der Waals surface area (Å²) in [5, 5.41) is 5.35. The molecule has 0 aromatic heterocycles. The summed E-state index contributed by atoms with van der Waals surface area (Å²) in [7, 11) is 0. The molecule has 8 heteroatoms. The quantitative estimate of drug-likeness (QED) is 0.473. The molecule has 31 heavy (non-hydrogen) atoms. The highest BCUT2D eigenvalue weighted by atomic mass is 16.5. The van der Waals surface area contributed by atoms with E-state index in [4.69, 9.17) is 4.74 Å². The highest BCUT2D eigenvalue weighted by Gasteiger charge is 2.14. The zero-order valence-corrected chi connectivity index (χ0v) is 17.3. The van der Waals surface area contributed by atoms with Gasteiger partial charge >= 0.3 is 11.9 Å². The Morgan fingerprint density at radius 3 is 2.23 bits per heavy atom. The standard InChI is InChI=1S/C23H24N2O6/c1-3-30-21(27)12-13-22(28)31-15-20(26)25-19-7-5-4-6-18(19)23(29)24-14-17-10-8-16(2)9-11-17/h4-13H,3,14-15H2,1-2H3,(H,24,29)(H,25,26). The van der Waals surface area contributed by atoms with E-state index in [1.54, 1.807) is 31.2 Å². The van der Waals surface area contributed by atoms with Crippen LogP contribution in [-0.2, 0) is 30.4 Å². The number of hydrogen-bond donors (Lipinski definition) is 2. The van der Waals surface area contributed by atoms with Gasteiger partial charge in [-0.1, -0.05) is 42.0 Å². The molecular weight excluding hydrogens is 400 g/mol. The van der Waals surface area contributed by atoms with Crippen molar-refractivity contribution in [3.8, 4) is 0 Å². The number of hydrogen-bond acceptors (Lipinski definition) is 6. The molecule has 0 unspecified atom stereocenters. The van der Waals surface area contributed by atoms with Gasteiger partial charge in [-0.2, -0.15) is 0 Å². The molecule has 0 radical (unpaired) electrons. The average molecular weight is 424 g/mol. The van der Waals surface area contributed by atoms with Crippen LogP contribution in [0.15, 0.2) is 60.7 Å². The van der Waals surface area contributed by atoms with Gasteiger partial charge in [-0.15, -0.1) is 0 Å². The van der Waals surface area contributed by atoms with Gasteiger partial charge in [0.2, 0.25) is 0 Å². The molecule has 0 fully saturated rings. The molecule has 0 spiro atoms. The molecule has 0 aliphatic heterocycles. The lowest BCUT2D eigenvalue weighted by Crippen LogP contribution is -2.26. The first kappa shape index (κ1) is 23.3. The van der Waals surface area contributed by atoms with Crippen molar-refractivity contribution in [1.82, 2.24) is 5.32 Å². The molecule has 2 aromatic rings. The first-order valence-electron chi connectivity index (χ1n) is 9.63. The van der Waals surface area contributed by atoms with E-state index in [0.29, 0.717) is 6.54 Å². The summed E-state index contributed by atoms with van der Waals surface area (Å²) < 4.78 is 9.41. The fourth-order valence-electron chi connectivity index (χ4n) is 2.47. The van der Waals surface area contributed by atoms with E-state index < -0.39 is 24.5 Å². The number of carbonyl (C=O) groups is 4. The van der Waals surface area contributed by atoms with E-state index in [0.717, 1.165) is 23.3 Å². The van der Waals surface area contributed by atoms with Gasteiger partial charge in [-0.25, -0.2) is 9.59 Å². The Kier molecular flexibility index (Phi) is 8.97. The summed E-state index contributed by atoms with van der Waals surface area (Å²) in [5.41, 5.74) is 2.63. The minimum atomic E-state index is -0.868. The Morgan fingerprint density at radius 2 is 1.55 bits per heavy atom. The van der Waals surface area contributed by atoms with Crippen LogP contribution >= 0.6 is 0 Å². The van der Waals surface area contributed by atoms with E-state index in [1.807, 2.05) is 31.2 Å². The van der Waals surface area contributed by atoms with Crippen molar-refractivity contribution in [3.05, 3.63) is 77.4 Å². The van der Waals surface area contributed by atoms with Gasteiger partial charge in [-0.05, 0) is 31.5 Å². The first-order chi connectivity index (χ1) is 14.9. The summed E-state index contributed by atoms with van der Waals surface area (Å²) in [6.45, 7) is 3.56. The fraction of sp³-hybridized carbons (Fsp3) is 0.217. The number of para-hydroxylation sites is 1. The molecule has 0 saturated heterocycles. The van der Waals surface area contributed by atoms with Crippen molar-refractivity contribution in [2.45, 2.75) is 20.4 Å². The third kappa shape index (κ3) is 8.14. The third-order valence-corrected chi connectivity index (χ3v) is 4.01. The Labute approximate surface area is 180 Å². The van der Waals surface area contributed by atoms with Crippen LogP contribution < -0.4 is 10.6 Å². The molecule has 0 bridgehead atoms. The van der Waals surface area contributed by atoms with Crippen LogP contribution in [0.5, 0.6) is 0 Å². The fourth-order valence-corrected chi connectivity index (χ4v) is 2.47. The lowest BCUT2D eigenvalue weighted by atomic mass is 10.1. The topological polar surface area (TPSA) is 111 Å². The zero-order valence-electron chi connectivity index (χ0n) is 17.3. The summed E-state index contributed by atoms with van der Waals surface area (Å²) in [6.07, 6.45) is 1.79. The maximum absolute atomic E-state index is 12.6. The summed E-state index contributed by atoms with van der Waals surface area (Å²) in [6, 6.07) is 14.3. The number of ether oxygens (including phenoxy) is 2. The molecule has 0 aliphatic carbocycles. The van der Waals surface area contributed by atoms with Crippen LogP contribution in [0.4, 0.5) is 5.69 Å². The Balaban J connectivity index is 1.89. The van der Waals surface area contributed by atoms with E-state index in [-0.39, 0.29) is 23.8 Å². The van der Waals surface area contributed by atoms with Crippen LogP contribution in [0.1, 0.15) is 28.4 Å². The molecular formula is C23H24N2O6.